The number of fused-ring (bicyclic) bond motifs is 1. The average molecular weight is 318 g/mol. The Labute approximate surface area is 130 Å². The molecule has 0 radical (unpaired) electrons. The summed E-state index contributed by atoms with van der Waals surface area (Å²) >= 11 is 1.42. The zero-order chi connectivity index (χ0) is 15.7. The molecule has 0 saturated carbocycles. The van der Waals surface area contributed by atoms with Crippen LogP contribution in [-0.4, -0.2) is 45.5 Å². The molecular formula is C14H14N4O3S. The predicted molar refractivity (Wildman–Crippen MR) is 85.0 cm³/mol. The van der Waals surface area contributed by atoms with E-state index in [4.69, 9.17) is 5.73 Å². The summed E-state index contributed by atoms with van der Waals surface area (Å²) in [5, 5.41) is 3.00. The number of amides is 3. The summed E-state index contributed by atoms with van der Waals surface area (Å²) in [6.07, 6.45) is 2.24. The van der Waals surface area contributed by atoms with Crippen molar-refractivity contribution in [2.75, 3.05) is 17.6 Å². The number of nitrogens with two attached hydrogens (primary N) is 1. The molecule has 1 aromatic heterocycles. The summed E-state index contributed by atoms with van der Waals surface area (Å²) in [5.41, 5.74) is 6.45. The number of nitrogens with zero attached hydrogens (tertiary/aromatic N) is 2. The second-order valence-corrected chi connectivity index (χ2v) is 6.01. The highest BCUT2D eigenvalue weighted by atomic mass is 32.2. The Hall–Kier alpha value is -2.48. The molecule has 1 saturated heterocycles. The maximum absolute atomic E-state index is 12.3. The molecule has 7 nitrogen and oxygen atoms in total. The van der Waals surface area contributed by atoms with Crippen LogP contribution in [0.25, 0.3) is 10.9 Å². The van der Waals surface area contributed by atoms with Gasteiger partial charge >= 0.3 is 12.1 Å². The zero-order valence-corrected chi connectivity index (χ0v) is 12.4. The highest BCUT2D eigenvalue weighted by Gasteiger charge is 2.29. The molecule has 1 unspecified atom stereocenters. The van der Waals surface area contributed by atoms with Crippen LogP contribution in [0.2, 0.25) is 0 Å². The number of anilines is 1. The Morgan fingerprint density at radius 3 is 2.86 bits per heavy atom. The van der Waals surface area contributed by atoms with Crippen molar-refractivity contribution >= 4 is 46.7 Å². The van der Waals surface area contributed by atoms with E-state index in [1.54, 1.807) is 18.2 Å². The molecule has 0 spiro atoms. The third-order valence-corrected chi connectivity index (χ3v) is 4.62. The van der Waals surface area contributed by atoms with Gasteiger partial charge in [0.05, 0.1) is 11.2 Å². The van der Waals surface area contributed by atoms with Crippen molar-refractivity contribution in [1.82, 2.24) is 9.47 Å². The number of hydrogen-bond acceptors (Lipinski definition) is 4. The van der Waals surface area contributed by atoms with E-state index in [1.165, 1.54) is 27.4 Å². The summed E-state index contributed by atoms with van der Waals surface area (Å²) in [4.78, 5) is 36.2. The van der Waals surface area contributed by atoms with E-state index in [1.807, 2.05) is 6.07 Å². The number of thioether (sulfide) groups is 1. The van der Waals surface area contributed by atoms with Crippen LogP contribution in [0.15, 0.2) is 30.5 Å². The van der Waals surface area contributed by atoms with Crippen molar-refractivity contribution in [3.63, 3.8) is 0 Å². The number of primary amides is 1. The minimum atomic E-state index is -0.626. The van der Waals surface area contributed by atoms with Gasteiger partial charge in [0.2, 0.25) is 0 Å². The Balaban J connectivity index is 1.92. The highest BCUT2D eigenvalue weighted by molar-refractivity contribution is 8.00. The summed E-state index contributed by atoms with van der Waals surface area (Å²) < 4.78 is 1.28. The van der Waals surface area contributed by atoms with Crippen LogP contribution in [0.5, 0.6) is 0 Å². The SMILES string of the molecule is NC(=O)n1cc(NC(=O)N2CCSC2C=O)c2ccccc21. The van der Waals surface area contributed by atoms with E-state index in [0.717, 1.165) is 12.0 Å². The van der Waals surface area contributed by atoms with Crippen molar-refractivity contribution in [2.45, 2.75) is 5.37 Å². The van der Waals surface area contributed by atoms with Gasteiger partial charge < -0.3 is 20.7 Å². The van der Waals surface area contributed by atoms with Crippen LogP contribution in [0.4, 0.5) is 15.3 Å². The lowest BCUT2D eigenvalue weighted by Crippen LogP contribution is -2.38. The first-order chi connectivity index (χ1) is 10.6. The number of rotatable bonds is 2. The second-order valence-electron chi connectivity index (χ2n) is 4.79. The average Bonchev–Trinajstić information content (AvgIpc) is 3.12. The fraction of sp³-hybridized carbons (Fsp3) is 0.214. The molecule has 2 heterocycles. The van der Waals surface area contributed by atoms with Gasteiger partial charge in [-0.2, -0.15) is 0 Å². The van der Waals surface area contributed by atoms with Gasteiger partial charge in [0.15, 0.2) is 6.29 Å². The normalized spacial score (nSPS) is 17.6. The Kier molecular flexibility index (Phi) is 3.76. The molecule has 1 fully saturated rings. The molecule has 3 rings (SSSR count). The fourth-order valence-corrected chi connectivity index (χ4v) is 3.47. The number of aromatic nitrogens is 1. The van der Waals surface area contributed by atoms with Gasteiger partial charge in [-0.15, -0.1) is 11.8 Å². The number of benzene rings is 1. The van der Waals surface area contributed by atoms with Gasteiger partial charge in [-0.3, -0.25) is 4.57 Å². The summed E-state index contributed by atoms with van der Waals surface area (Å²) in [6.45, 7) is 0.508. The lowest BCUT2D eigenvalue weighted by Gasteiger charge is -2.19. The molecule has 1 aliphatic heterocycles. The molecule has 1 aliphatic rings. The molecular weight excluding hydrogens is 304 g/mol. The van der Waals surface area contributed by atoms with Crippen LogP contribution in [0.1, 0.15) is 0 Å². The van der Waals surface area contributed by atoms with Crippen molar-refractivity contribution in [3.8, 4) is 0 Å². The van der Waals surface area contributed by atoms with Gasteiger partial charge in [-0.05, 0) is 6.07 Å². The van der Waals surface area contributed by atoms with E-state index >= 15 is 0 Å². The van der Waals surface area contributed by atoms with Crippen LogP contribution < -0.4 is 11.1 Å². The van der Waals surface area contributed by atoms with Crippen LogP contribution in [0.3, 0.4) is 0 Å². The molecule has 1 atom stereocenters. The number of hydrogen-bond donors (Lipinski definition) is 2. The molecule has 22 heavy (non-hydrogen) atoms. The van der Waals surface area contributed by atoms with Gasteiger partial charge in [0.1, 0.15) is 5.37 Å². The topological polar surface area (TPSA) is 97.4 Å². The van der Waals surface area contributed by atoms with Crippen molar-refractivity contribution in [2.24, 2.45) is 5.73 Å². The summed E-state index contributed by atoms with van der Waals surface area (Å²) in [7, 11) is 0. The largest absolute Gasteiger partial charge is 0.351 e. The van der Waals surface area contributed by atoms with E-state index < -0.39 is 11.4 Å². The first kappa shape index (κ1) is 14.5. The molecule has 2 aromatic rings. The number of para-hydroxylation sites is 1. The summed E-state index contributed by atoms with van der Waals surface area (Å²) in [6, 6.07) is 6.14. The maximum Gasteiger partial charge on any atom is 0.323 e. The molecule has 8 heteroatoms. The van der Waals surface area contributed by atoms with Gasteiger partial charge in [0, 0.05) is 23.9 Å². The van der Waals surface area contributed by atoms with E-state index in [-0.39, 0.29) is 6.03 Å². The number of urea groups is 1. The maximum atomic E-state index is 12.3. The minimum absolute atomic E-state index is 0.366. The third kappa shape index (κ3) is 2.41. The molecule has 3 amide bonds. The van der Waals surface area contributed by atoms with Crippen molar-refractivity contribution in [3.05, 3.63) is 30.5 Å². The Morgan fingerprint density at radius 1 is 1.36 bits per heavy atom. The first-order valence-electron chi connectivity index (χ1n) is 6.66. The smallest absolute Gasteiger partial charge is 0.323 e. The molecule has 0 aliphatic carbocycles. The first-order valence-corrected chi connectivity index (χ1v) is 7.71. The predicted octanol–water partition coefficient (Wildman–Crippen LogP) is 1.67. The standard InChI is InChI=1S/C14H14N4O3S/c15-13(20)18-7-10(9-3-1-2-4-11(9)18)16-14(21)17-5-6-22-12(17)8-19/h1-4,7-8,12H,5-6H2,(H2,15,20)(H,16,21). The summed E-state index contributed by atoms with van der Waals surface area (Å²) in [5.74, 6) is 0.722. The van der Waals surface area contributed by atoms with Gasteiger partial charge in [0.25, 0.3) is 0 Å². The van der Waals surface area contributed by atoms with Crippen LogP contribution >= 0.6 is 11.8 Å². The van der Waals surface area contributed by atoms with E-state index in [2.05, 4.69) is 5.32 Å². The second kappa shape index (κ2) is 5.72. The third-order valence-electron chi connectivity index (χ3n) is 3.50. The van der Waals surface area contributed by atoms with Crippen LogP contribution in [0, 0.1) is 0 Å². The highest BCUT2D eigenvalue weighted by Crippen LogP contribution is 2.27. The van der Waals surface area contributed by atoms with E-state index in [0.29, 0.717) is 23.1 Å². The lowest BCUT2D eigenvalue weighted by molar-refractivity contribution is -0.109. The van der Waals surface area contributed by atoms with Crippen molar-refractivity contribution < 1.29 is 14.4 Å². The van der Waals surface area contributed by atoms with Gasteiger partial charge in [-0.25, -0.2) is 9.59 Å². The number of nitrogens with one attached hydrogen (secondary N) is 1. The fourth-order valence-electron chi connectivity index (χ4n) is 2.47. The molecule has 1 aromatic carbocycles. The number of carbonyl (C=O) groups is 3. The monoisotopic (exact) mass is 318 g/mol. The molecule has 3 N–H and O–H groups in total. The molecule has 114 valence electrons. The van der Waals surface area contributed by atoms with Crippen molar-refractivity contribution in [1.29, 1.82) is 0 Å². The zero-order valence-electron chi connectivity index (χ0n) is 11.6. The number of aldehydes is 1. The van der Waals surface area contributed by atoms with Crippen LogP contribution in [-0.2, 0) is 4.79 Å². The van der Waals surface area contributed by atoms with Gasteiger partial charge in [-0.1, -0.05) is 18.2 Å². The molecule has 0 bridgehead atoms. The van der Waals surface area contributed by atoms with E-state index in [9.17, 15) is 14.4 Å². The lowest BCUT2D eigenvalue weighted by atomic mass is 10.2. The Morgan fingerprint density at radius 2 is 2.14 bits per heavy atom. The number of carbonyl (C=O) groups excluding carboxylic acids is 3. The minimum Gasteiger partial charge on any atom is -0.351 e. The quantitative estimate of drug-likeness (QED) is 0.823. The Bertz CT molecular complexity index is 758.